The topological polar surface area (TPSA) is 52.7 Å². The van der Waals surface area contributed by atoms with Crippen LogP contribution in [0.2, 0.25) is 0 Å². The molecular weight excluding hydrogens is 338 g/mol. The third-order valence-electron chi connectivity index (χ3n) is 5.85. The van der Waals surface area contributed by atoms with Gasteiger partial charge in [-0.3, -0.25) is 14.5 Å². The van der Waals surface area contributed by atoms with E-state index in [4.69, 9.17) is 0 Å². The Labute approximate surface area is 163 Å². The Morgan fingerprint density at radius 2 is 1.67 bits per heavy atom. The Morgan fingerprint density at radius 3 is 2.30 bits per heavy atom. The van der Waals surface area contributed by atoms with Crippen molar-refractivity contribution in [3.63, 3.8) is 0 Å². The predicted molar refractivity (Wildman–Crippen MR) is 107 cm³/mol. The van der Waals surface area contributed by atoms with E-state index in [0.717, 1.165) is 44.6 Å². The molecule has 0 radical (unpaired) electrons. The van der Waals surface area contributed by atoms with Crippen LogP contribution < -0.4 is 5.32 Å². The number of nitrogens with one attached hydrogen (secondary N) is 1. The molecule has 0 aliphatic carbocycles. The zero-order valence-electron chi connectivity index (χ0n) is 16.7. The van der Waals surface area contributed by atoms with Crippen molar-refractivity contribution in [1.82, 2.24) is 15.1 Å². The fourth-order valence-corrected chi connectivity index (χ4v) is 4.44. The first-order valence-corrected chi connectivity index (χ1v) is 10.3. The SMILES string of the molecule is CC1CC(C)CN(C(=O)CN2CCC(C(=O)NCc3ccccc3)CC2)C1. The number of likely N-dealkylation sites (tertiary alicyclic amines) is 2. The molecule has 0 saturated carbocycles. The van der Waals surface area contributed by atoms with Crippen molar-refractivity contribution >= 4 is 11.8 Å². The summed E-state index contributed by atoms with van der Waals surface area (Å²) in [5.74, 6) is 1.65. The lowest BCUT2D eigenvalue weighted by Crippen LogP contribution is -2.49. The van der Waals surface area contributed by atoms with Crippen molar-refractivity contribution in [2.45, 2.75) is 39.7 Å². The first-order chi connectivity index (χ1) is 13.0. The van der Waals surface area contributed by atoms with Gasteiger partial charge in [0.25, 0.3) is 0 Å². The molecule has 2 amide bonds. The number of carbonyl (C=O) groups is 2. The normalized spacial score (nSPS) is 24.6. The van der Waals surface area contributed by atoms with E-state index in [0.29, 0.717) is 24.9 Å². The Hall–Kier alpha value is -1.88. The van der Waals surface area contributed by atoms with Crippen molar-refractivity contribution in [2.24, 2.45) is 17.8 Å². The van der Waals surface area contributed by atoms with Crippen LogP contribution in [0.25, 0.3) is 0 Å². The summed E-state index contributed by atoms with van der Waals surface area (Å²) >= 11 is 0. The quantitative estimate of drug-likeness (QED) is 0.865. The second-order valence-electron chi connectivity index (χ2n) is 8.50. The van der Waals surface area contributed by atoms with Gasteiger partial charge < -0.3 is 10.2 Å². The molecule has 1 N–H and O–H groups in total. The van der Waals surface area contributed by atoms with Crippen LogP contribution in [0.4, 0.5) is 0 Å². The zero-order chi connectivity index (χ0) is 19.2. The van der Waals surface area contributed by atoms with Crippen LogP contribution in [-0.2, 0) is 16.1 Å². The predicted octanol–water partition coefficient (Wildman–Crippen LogP) is 2.52. The fraction of sp³-hybridized carbons (Fsp3) is 0.636. The van der Waals surface area contributed by atoms with Crippen molar-refractivity contribution in [3.8, 4) is 0 Å². The van der Waals surface area contributed by atoms with Crippen LogP contribution >= 0.6 is 0 Å². The minimum atomic E-state index is 0.0649. The summed E-state index contributed by atoms with van der Waals surface area (Å²) in [6.07, 6.45) is 2.88. The highest BCUT2D eigenvalue weighted by molar-refractivity contribution is 5.79. The molecule has 2 saturated heterocycles. The first-order valence-electron chi connectivity index (χ1n) is 10.3. The molecule has 0 aromatic heterocycles. The van der Waals surface area contributed by atoms with Crippen LogP contribution in [-0.4, -0.2) is 54.3 Å². The van der Waals surface area contributed by atoms with E-state index in [-0.39, 0.29) is 17.7 Å². The Balaban J connectivity index is 1.39. The molecule has 2 atom stereocenters. The second-order valence-corrected chi connectivity index (χ2v) is 8.50. The van der Waals surface area contributed by atoms with Crippen LogP contribution in [0.1, 0.15) is 38.7 Å². The number of piperidine rings is 2. The minimum Gasteiger partial charge on any atom is -0.352 e. The second kappa shape index (κ2) is 9.36. The lowest BCUT2D eigenvalue weighted by atomic mass is 9.92. The van der Waals surface area contributed by atoms with Crippen LogP contribution in [0.5, 0.6) is 0 Å². The molecule has 5 nitrogen and oxygen atoms in total. The van der Waals surface area contributed by atoms with Crippen molar-refractivity contribution < 1.29 is 9.59 Å². The maximum Gasteiger partial charge on any atom is 0.236 e. The van der Waals surface area contributed by atoms with Gasteiger partial charge in [-0.2, -0.15) is 0 Å². The van der Waals surface area contributed by atoms with Crippen LogP contribution in [0, 0.1) is 17.8 Å². The van der Waals surface area contributed by atoms with Gasteiger partial charge in [-0.15, -0.1) is 0 Å². The number of hydrogen-bond acceptors (Lipinski definition) is 3. The van der Waals surface area contributed by atoms with E-state index >= 15 is 0 Å². The summed E-state index contributed by atoms with van der Waals surface area (Å²) < 4.78 is 0. The maximum absolute atomic E-state index is 12.6. The molecule has 5 heteroatoms. The van der Waals surface area contributed by atoms with Gasteiger partial charge in [-0.05, 0) is 49.8 Å². The van der Waals surface area contributed by atoms with Crippen LogP contribution in [0.15, 0.2) is 30.3 Å². The molecule has 3 rings (SSSR count). The lowest BCUT2D eigenvalue weighted by molar-refractivity contribution is -0.135. The molecule has 1 aromatic carbocycles. The van der Waals surface area contributed by atoms with Crippen LogP contribution in [0.3, 0.4) is 0 Å². The molecule has 2 aliphatic heterocycles. The molecule has 2 aliphatic rings. The van der Waals surface area contributed by atoms with Gasteiger partial charge in [-0.1, -0.05) is 44.2 Å². The minimum absolute atomic E-state index is 0.0649. The number of carbonyl (C=O) groups excluding carboxylic acids is 2. The van der Waals surface area contributed by atoms with Gasteiger partial charge >= 0.3 is 0 Å². The molecule has 2 fully saturated rings. The van der Waals surface area contributed by atoms with Gasteiger partial charge in [0.05, 0.1) is 6.54 Å². The zero-order valence-corrected chi connectivity index (χ0v) is 16.7. The van der Waals surface area contributed by atoms with Gasteiger partial charge in [0.2, 0.25) is 11.8 Å². The number of hydrogen-bond donors (Lipinski definition) is 1. The third kappa shape index (κ3) is 5.80. The highest BCUT2D eigenvalue weighted by Gasteiger charge is 2.29. The Bertz CT molecular complexity index is 616. The third-order valence-corrected chi connectivity index (χ3v) is 5.85. The molecule has 1 aromatic rings. The fourth-order valence-electron chi connectivity index (χ4n) is 4.44. The molecule has 0 spiro atoms. The van der Waals surface area contributed by atoms with E-state index in [2.05, 4.69) is 24.1 Å². The monoisotopic (exact) mass is 371 g/mol. The van der Waals surface area contributed by atoms with E-state index in [1.807, 2.05) is 35.2 Å². The van der Waals surface area contributed by atoms with Gasteiger partial charge in [-0.25, -0.2) is 0 Å². The van der Waals surface area contributed by atoms with Crippen molar-refractivity contribution in [2.75, 3.05) is 32.7 Å². The number of benzene rings is 1. The van der Waals surface area contributed by atoms with E-state index in [1.54, 1.807) is 0 Å². The van der Waals surface area contributed by atoms with E-state index < -0.39 is 0 Å². The molecule has 27 heavy (non-hydrogen) atoms. The van der Waals surface area contributed by atoms with Crippen molar-refractivity contribution in [1.29, 1.82) is 0 Å². The highest BCUT2D eigenvalue weighted by atomic mass is 16.2. The summed E-state index contributed by atoms with van der Waals surface area (Å²) in [4.78, 5) is 29.3. The number of amides is 2. The number of rotatable bonds is 5. The van der Waals surface area contributed by atoms with Gasteiger partial charge in [0, 0.05) is 25.6 Å². The molecule has 148 valence electrons. The lowest BCUT2D eigenvalue weighted by Gasteiger charge is -2.37. The average Bonchev–Trinajstić information content (AvgIpc) is 2.66. The Morgan fingerprint density at radius 1 is 1.04 bits per heavy atom. The molecule has 2 heterocycles. The summed E-state index contributed by atoms with van der Waals surface area (Å²) in [5.41, 5.74) is 1.12. The van der Waals surface area contributed by atoms with Gasteiger partial charge in [0.15, 0.2) is 0 Å². The molecule has 0 bridgehead atoms. The number of nitrogens with zero attached hydrogens (tertiary/aromatic N) is 2. The highest BCUT2D eigenvalue weighted by Crippen LogP contribution is 2.22. The summed E-state index contributed by atoms with van der Waals surface area (Å²) in [6, 6.07) is 10.0. The van der Waals surface area contributed by atoms with E-state index in [1.165, 1.54) is 6.42 Å². The molecule has 2 unspecified atom stereocenters. The Kier molecular flexibility index (Phi) is 6.89. The van der Waals surface area contributed by atoms with E-state index in [9.17, 15) is 9.59 Å². The average molecular weight is 372 g/mol. The van der Waals surface area contributed by atoms with Gasteiger partial charge in [0.1, 0.15) is 0 Å². The summed E-state index contributed by atoms with van der Waals surface area (Å²) in [5, 5.41) is 3.05. The largest absolute Gasteiger partial charge is 0.352 e. The molecular formula is C22H33N3O2. The van der Waals surface area contributed by atoms with Crippen molar-refractivity contribution in [3.05, 3.63) is 35.9 Å². The summed E-state index contributed by atoms with van der Waals surface area (Å²) in [6.45, 7) is 8.98. The first kappa shape index (κ1) is 19.9. The maximum atomic E-state index is 12.6. The standard InChI is InChI=1S/C22H33N3O2/c1-17-12-18(2)15-25(14-17)21(26)16-24-10-8-20(9-11-24)22(27)23-13-19-6-4-3-5-7-19/h3-7,17-18,20H,8-16H2,1-2H3,(H,23,27). The smallest absolute Gasteiger partial charge is 0.236 e. The summed E-state index contributed by atoms with van der Waals surface area (Å²) in [7, 11) is 0.